The number of esters is 2. The lowest BCUT2D eigenvalue weighted by Gasteiger charge is -2.10. The lowest BCUT2D eigenvalue weighted by atomic mass is 10.2. The first-order chi connectivity index (χ1) is 9.33. The number of ether oxygens (including phenoxy) is 2. The number of benzene rings is 1. The molecule has 1 aromatic rings. The van der Waals surface area contributed by atoms with Crippen LogP contribution in [0, 0.1) is 23.3 Å². The summed E-state index contributed by atoms with van der Waals surface area (Å²) in [6.45, 7) is 5.91. The highest BCUT2D eigenvalue weighted by atomic mass is 19.2. The largest absolute Gasteiger partial charge is 0.417 e. The van der Waals surface area contributed by atoms with Crippen molar-refractivity contribution in [2.24, 2.45) is 0 Å². The molecule has 0 spiro atoms. The highest BCUT2D eigenvalue weighted by Gasteiger charge is 2.30. The Morgan fingerprint density at radius 1 is 0.750 bits per heavy atom. The van der Waals surface area contributed by atoms with Crippen molar-refractivity contribution in [1.82, 2.24) is 0 Å². The lowest BCUT2D eigenvalue weighted by molar-refractivity contribution is -0.129. The van der Waals surface area contributed by atoms with Crippen molar-refractivity contribution in [3.8, 4) is 11.5 Å². The zero-order valence-corrected chi connectivity index (χ0v) is 9.71. The van der Waals surface area contributed by atoms with Gasteiger partial charge in [-0.05, 0) is 0 Å². The maximum absolute atomic E-state index is 13.7. The predicted octanol–water partition coefficient (Wildman–Crippen LogP) is 2.43. The van der Waals surface area contributed by atoms with Gasteiger partial charge in [0.25, 0.3) is 0 Å². The minimum atomic E-state index is -2.18. The molecule has 0 amide bonds. The van der Waals surface area contributed by atoms with E-state index in [1.165, 1.54) is 0 Å². The fraction of sp³-hybridized carbons (Fsp3) is 0. The van der Waals surface area contributed by atoms with Crippen LogP contribution in [0.1, 0.15) is 0 Å². The molecule has 0 heterocycles. The van der Waals surface area contributed by atoms with Gasteiger partial charge in [0.15, 0.2) is 0 Å². The third-order valence-corrected chi connectivity index (χ3v) is 1.92. The lowest BCUT2D eigenvalue weighted by Crippen LogP contribution is -2.13. The van der Waals surface area contributed by atoms with E-state index in [2.05, 4.69) is 22.6 Å². The molecule has 0 aliphatic carbocycles. The van der Waals surface area contributed by atoms with Crippen molar-refractivity contribution < 1.29 is 36.6 Å². The number of hydrogen-bond donors (Lipinski definition) is 0. The van der Waals surface area contributed by atoms with Crippen molar-refractivity contribution >= 4 is 11.9 Å². The van der Waals surface area contributed by atoms with Crippen molar-refractivity contribution in [3.05, 3.63) is 48.6 Å². The SMILES string of the molecule is C=CC(=O)Oc1c(F)c(F)c(F)c(OC(=O)C=C)c1F. The number of carbonyl (C=O) groups excluding carboxylic acids is 2. The summed E-state index contributed by atoms with van der Waals surface area (Å²) in [6, 6.07) is 0. The summed E-state index contributed by atoms with van der Waals surface area (Å²) in [5, 5.41) is 0. The second kappa shape index (κ2) is 6.00. The van der Waals surface area contributed by atoms with Gasteiger partial charge in [0.2, 0.25) is 34.8 Å². The molecule has 20 heavy (non-hydrogen) atoms. The standard InChI is InChI=1S/C12H6F4O4/c1-3-5(17)19-11-8(14)7(13)9(15)12(10(11)16)20-6(18)4-2/h3-4H,1-2H2. The third-order valence-electron chi connectivity index (χ3n) is 1.92. The molecular weight excluding hydrogens is 284 g/mol. The van der Waals surface area contributed by atoms with E-state index >= 15 is 0 Å². The van der Waals surface area contributed by atoms with Crippen LogP contribution in [0.4, 0.5) is 17.6 Å². The molecule has 8 heteroatoms. The van der Waals surface area contributed by atoms with Crippen LogP contribution in [-0.2, 0) is 9.59 Å². The Balaban J connectivity index is 3.45. The van der Waals surface area contributed by atoms with Crippen LogP contribution >= 0.6 is 0 Å². The van der Waals surface area contributed by atoms with Gasteiger partial charge in [0.1, 0.15) is 0 Å². The Morgan fingerprint density at radius 3 is 1.40 bits per heavy atom. The van der Waals surface area contributed by atoms with Crippen LogP contribution in [0.3, 0.4) is 0 Å². The van der Waals surface area contributed by atoms with E-state index in [4.69, 9.17) is 0 Å². The number of halogens is 4. The Labute approximate surface area is 109 Å². The molecule has 1 aromatic carbocycles. The Bertz CT molecular complexity index is 561. The highest BCUT2D eigenvalue weighted by molar-refractivity contribution is 5.84. The second-order valence-electron chi connectivity index (χ2n) is 3.16. The third kappa shape index (κ3) is 2.85. The highest BCUT2D eigenvalue weighted by Crippen LogP contribution is 2.35. The van der Waals surface area contributed by atoms with Gasteiger partial charge in [-0.15, -0.1) is 0 Å². The molecule has 0 N–H and O–H groups in total. The average molecular weight is 290 g/mol. The van der Waals surface area contributed by atoms with Gasteiger partial charge in [-0.1, -0.05) is 13.2 Å². The van der Waals surface area contributed by atoms with Gasteiger partial charge in [-0.25, -0.2) is 14.0 Å². The maximum Gasteiger partial charge on any atom is 0.335 e. The van der Waals surface area contributed by atoms with Gasteiger partial charge < -0.3 is 9.47 Å². The van der Waals surface area contributed by atoms with Crippen LogP contribution < -0.4 is 9.47 Å². The molecule has 0 aliphatic rings. The van der Waals surface area contributed by atoms with E-state index in [-0.39, 0.29) is 0 Å². The molecule has 0 saturated carbocycles. The monoisotopic (exact) mass is 290 g/mol. The Kier molecular flexibility index (Phi) is 4.63. The fourth-order valence-corrected chi connectivity index (χ4v) is 1.06. The molecule has 0 unspecified atom stereocenters. The smallest absolute Gasteiger partial charge is 0.335 e. The summed E-state index contributed by atoms with van der Waals surface area (Å²) in [7, 11) is 0. The molecule has 0 radical (unpaired) electrons. The normalized spacial score (nSPS) is 9.80. The van der Waals surface area contributed by atoms with E-state index in [9.17, 15) is 27.2 Å². The molecule has 106 valence electrons. The van der Waals surface area contributed by atoms with Gasteiger partial charge in [-0.3, -0.25) is 0 Å². The van der Waals surface area contributed by atoms with Crippen molar-refractivity contribution in [2.75, 3.05) is 0 Å². The predicted molar refractivity (Wildman–Crippen MR) is 57.9 cm³/mol. The summed E-state index contributed by atoms with van der Waals surface area (Å²) in [5.41, 5.74) is 0. The summed E-state index contributed by atoms with van der Waals surface area (Å²) >= 11 is 0. The molecule has 0 atom stereocenters. The molecule has 1 rings (SSSR count). The second-order valence-corrected chi connectivity index (χ2v) is 3.16. The first-order valence-corrected chi connectivity index (χ1v) is 4.87. The van der Waals surface area contributed by atoms with Crippen LogP contribution in [-0.4, -0.2) is 11.9 Å². The van der Waals surface area contributed by atoms with E-state index in [1.54, 1.807) is 0 Å². The van der Waals surface area contributed by atoms with Gasteiger partial charge >= 0.3 is 11.9 Å². The van der Waals surface area contributed by atoms with Crippen LogP contribution in [0.25, 0.3) is 0 Å². The minimum Gasteiger partial charge on any atom is -0.417 e. The van der Waals surface area contributed by atoms with E-state index < -0.39 is 46.7 Å². The summed E-state index contributed by atoms with van der Waals surface area (Å²) in [5.74, 6) is -14.0. The van der Waals surface area contributed by atoms with Gasteiger partial charge in [-0.2, -0.15) is 13.2 Å². The molecule has 0 aliphatic heterocycles. The first-order valence-electron chi connectivity index (χ1n) is 4.87. The quantitative estimate of drug-likeness (QED) is 0.213. The minimum absolute atomic E-state index is 0.537. The van der Waals surface area contributed by atoms with Crippen molar-refractivity contribution in [2.45, 2.75) is 0 Å². The van der Waals surface area contributed by atoms with Crippen molar-refractivity contribution in [3.63, 3.8) is 0 Å². The topological polar surface area (TPSA) is 52.6 Å². The number of hydrogen-bond acceptors (Lipinski definition) is 4. The zero-order valence-electron chi connectivity index (χ0n) is 9.71. The summed E-state index contributed by atoms with van der Waals surface area (Å²) < 4.78 is 61.6. The number of carbonyl (C=O) groups is 2. The van der Waals surface area contributed by atoms with E-state index in [0.29, 0.717) is 12.2 Å². The molecule has 0 fully saturated rings. The van der Waals surface area contributed by atoms with Crippen molar-refractivity contribution in [1.29, 1.82) is 0 Å². The van der Waals surface area contributed by atoms with E-state index in [0.717, 1.165) is 0 Å². The summed E-state index contributed by atoms with van der Waals surface area (Å²) in [4.78, 5) is 21.7. The molecular formula is C12H6F4O4. The van der Waals surface area contributed by atoms with Gasteiger partial charge in [0.05, 0.1) is 0 Å². The first kappa shape index (κ1) is 15.4. The zero-order chi connectivity index (χ0) is 15.4. The Hall–Kier alpha value is -2.64. The summed E-state index contributed by atoms with van der Waals surface area (Å²) in [6.07, 6.45) is 1.07. The maximum atomic E-state index is 13.7. The Morgan fingerprint density at radius 2 is 1.10 bits per heavy atom. The number of rotatable bonds is 4. The van der Waals surface area contributed by atoms with Crippen LogP contribution in [0.15, 0.2) is 25.3 Å². The molecule has 0 bridgehead atoms. The van der Waals surface area contributed by atoms with E-state index in [1.807, 2.05) is 0 Å². The average Bonchev–Trinajstić information content (AvgIpc) is 2.45. The molecule has 0 aromatic heterocycles. The molecule has 4 nitrogen and oxygen atoms in total. The fourth-order valence-electron chi connectivity index (χ4n) is 1.06. The van der Waals surface area contributed by atoms with Gasteiger partial charge in [0, 0.05) is 12.2 Å². The van der Waals surface area contributed by atoms with Crippen LogP contribution in [0.5, 0.6) is 11.5 Å². The van der Waals surface area contributed by atoms with Crippen LogP contribution in [0.2, 0.25) is 0 Å². The molecule has 0 saturated heterocycles.